The van der Waals surface area contributed by atoms with Gasteiger partial charge in [-0.15, -0.1) is 0 Å². The molecule has 1 atom stereocenters. The van der Waals surface area contributed by atoms with E-state index in [0.717, 1.165) is 18.7 Å². The quantitative estimate of drug-likeness (QED) is 0.791. The summed E-state index contributed by atoms with van der Waals surface area (Å²) in [6, 6.07) is 9.09. The number of hydrogen-bond acceptors (Lipinski definition) is 2. The van der Waals surface area contributed by atoms with Crippen LogP contribution in [0.1, 0.15) is 69.9 Å². The first kappa shape index (κ1) is 13.9. The van der Waals surface area contributed by atoms with Crippen molar-refractivity contribution >= 4 is 0 Å². The third-order valence-corrected chi connectivity index (χ3v) is 4.88. The van der Waals surface area contributed by atoms with E-state index >= 15 is 0 Å². The van der Waals surface area contributed by atoms with E-state index in [9.17, 15) is 0 Å². The fourth-order valence-corrected chi connectivity index (χ4v) is 3.78. The highest BCUT2D eigenvalue weighted by molar-refractivity contribution is 5.39. The molecule has 2 nitrogen and oxygen atoms in total. The number of fused-ring (bicyclic) bond motifs is 1. The zero-order valence-corrected chi connectivity index (χ0v) is 12.7. The van der Waals surface area contributed by atoms with Gasteiger partial charge in [0.1, 0.15) is 11.4 Å². The monoisotopic (exact) mass is 273 g/mol. The summed E-state index contributed by atoms with van der Waals surface area (Å²) in [6.45, 7) is 3.39. The van der Waals surface area contributed by atoms with Crippen molar-refractivity contribution in [1.82, 2.24) is 5.32 Å². The molecule has 0 radical (unpaired) electrons. The Morgan fingerprint density at radius 2 is 2.00 bits per heavy atom. The largest absolute Gasteiger partial charge is 0.487 e. The summed E-state index contributed by atoms with van der Waals surface area (Å²) in [4.78, 5) is 0. The molecule has 20 heavy (non-hydrogen) atoms. The zero-order chi connectivity index (χ0) is 13.8. The van der Waals surface area contributed by atoms with E-state index in [1.165, 1.54) is 50.5 Å². The molecule has 1 aromatic rings. The zero-order valence-electron chi connectivity index (χ0n) is 12.7. The minimum absolute atomic E-state index is 0.122. The second-order valence-electron chi connectivity index (χ2n) is 6.45. The topological polar surface area (TPSA) is 21.3 Å². The van der Waals surface area contributed by atoms with Gasteiger partial charge in [0.25, 0.3) is 0 Å². The van der Waals surface area contributed by atoms with E-state index in [4.69, 9.17) is 4.74 Å². The third-order valence-electron chi connectivity index (χ3n) is 4.88. The van der Waals surface area contributed by atoms with Gasteiger partial charge in [-0.05, 0) is 44.7 Å². The lowest BCUT2D eigenvalue weighted by Crippen LogP contribution is -2.42. The van der Waals surface area contributed by atoms with Crippen LogP contribution in [0.15, 0.2) is 24.3 Å². The Kier molecular flexibility index (Phi) is 4.30. The predicted octanol–water partition coefficient (Wildman–Crippen LogP) is 4.60. The maximum absolute atomic E-state index is 6.40. The van der Waals surface area contributed by atoms with Gasteiger partial charge in [-0.1, -0.05) is 38.0 Å². The lowest BCUT2D eigenvalue weighted by Gasteiger charge is -2.40. The Bertz CT molecular complexity index is 437. The fraction of sp³-hybridized carbons (Fsp3) is 0.667. The number of unbranched alkanes of at least 4 members (excludes halogenated alkanes) is 2. The molecule has 2 heteroatoms. The molecule has 1 aliphatic heterocycles. The van der Waals surface area contributed by atoms with E-state index in [1.54, 1.807) is 0 Å². The molecule has 1 unspecified atom stereocenters. The van der Waals surface area contributed by atoms with E-state index in [1.807, 2.05) is 0 Å². The van der Waals surface area contributed by atoms with E-state index in [-0.39, 0.29) is 5.60 Å². The molecule has 1 heterocycles. The normalized spacial score (nSPS) is 23.6. The van der Waals surface area contributed by atoms with Gasteiger partial charge >= 0.3 is 0 Å². The summed E-state index contributed by atoms with van der Waals surface area (Å²) in [5.41, 5.74) is 1.48. The van der Waals surface area contributed by atoms with Gasteiger partial charge in [-0.2, -0.15) is 0 Å². The fourth-order valence-electron chi connectivity index (χ4n) is 3.78. The molecular formula is C18H27NO. The molecule has 110 valence electrons. The number of hydrogen-bond donors (Lipinski definition) is 1. The van der Waals surface area contributed by atoms with Crippen molar-refractivity contribution in [2.45, 2.75) is 69.9 Å². The van der Waals surface area contributed by atoms with Crippen LogP contribution < -0.4 is 10.1 Å². The van der Waals surface area contributed by atoms with Crippen molar-refractivity contribution in [1.29, 1.82) is 0 Å². The minimum Gasteiger partial charge on any atom is -0.487 e. The molecule has 2 aliphatic rings. The van der Waals surface area contributed by atoms with Gasteiger partial charge in [0.2, 0.25) is 0 Å². The van der Waals surface area contributed by atoms with Gasteiger partial charge in [-0.3, -0.25) is 0 Å². The van der Waals surface area contributed by atoms with Crippen molar-refractivity contribution in [3.8, 4) is 5.75 Å². The molecule has 1 saturated carbocycles. The van der Waals surface area contributed by atoms with Crippen molar-refractivity contribution in [3.63, 3.8) is 0 Å². The maximum atomic E-state index is 6.40. The highest BCUT2D eigenvalue weighted by Gasteiger charge is 2.42. The van der Waals surface area contributed by atoms with Gasteiger partial charge in [-0.25, -0.2) is 0 Å². The Labute approximate surface area is 122 Å². The third kappa shape index (κ3) is 2.85. The summed E-state index contributed by atoms with van der Waals surface area (Å²) < 4.78 is 6.40. The minimum atomic E-state index is 0.122. The number of rotatable bonds is 5. The lowest BCUT2D eigenvalue weighted by atomic mass is 9.86. The second kappa shape index (κ2) is 6.17. The van der Waals surface area contributed by atoms with Crippen molar-refractivity contribution in [3.05, 3.63) is 29.8 Å². The molecule has 0 amide bonds. The van der Waals surface area contributed by atoms with Crippen LogP contribution in [0.4, 0.5) is 0 Å². The summed E-state index contributed by atoms with van der Waals surface area (Å²) in [7, 11) is 0. The Hall–Kier alpha value is -1.02. The van der Waals surface area contributed by atoms with Crippen LogP contribution in [-0.4, -0.2) is 12.1 Å². The van der Waals surface area contributed by atoms with E-state index in [2.05, 4.69) is 36.5 Å². The number of ether oxygens (including phenoxy) is 1. The molecule has 1 aliphatic carbocycles. The highest BCUT2D eigenvalue weighted by atomic mass is 16.5. The first-order valence-electron chi connectivity index (χ1n) is 8.34. The molecule has 1 fully saturated rings. The average molecular weight is 273 g/mol. The van der Waals surface area contributed by atoms with Crippen molar-refractivity contribution < 1.29 is 4.74 Å². The summed E-state index contributed by atoms with van der Waals surface area (Å²) in [6.07, 6.45) is 10.1. The average Bonchev–Trinajstić information content (AvgIpc) is 2.91. The van der Waals surface area contributed by atoms with Gasteiger partial charge in [0.15, 0.2) is 0 Å². The molecule has 1 N–H and O–H groups in total. The SMILES string of the molecule is CCCCCNC1CC2(CCCC2)Oc2ccccc21. The first-order chi connectivity index (χ1) is 9.83. The van der Waals surface area contributed by atoms with E-state index in [0.29, 0.717) is 6.04 Å². The van der Waals surface area contributed by atoms with Crippen molar-refractivity contribution in [2.75, 3.05) is 6.54 Å². The lowest BCUT2D eigenvalue weighted by molar-refractivity contribution is 0.0367. The Morgan fingerprint density at radius 3 is 2.80 bits per heavy atom. The molecular weight excluding hydrogens is 246 g/mol. The van der Waals surface area contributed by atoms with Crippen LogP contribution in [0.2, 0.25) is 0 Å². The number of benzene rings is 1. The van der Waals surface area contributed by atoms with Gasteiger partial charge < -0.3 is 10.1 Å². The molecule has 1 aromatic carbocycles. The predicted molar refractivity (Wildman–Crippen MR) is 83.2 cm³/mol. The van der Waals surface area contributed by atoms with Crippen LogP contribution in [0.3, 0.4) is 0 Å². The second-order valence-corrected chi connectivity index (χ2v) is 6.45. The van der Waals surface area contributed by atoms with Crippen LogP contribution >= 0.6 is 0 Å². The maximum Gasteiger partial charge on any atom is 0.124 e. The number of para-hydroxylation sites is 1. The first-order valence-corrected chi connectivity index (χ1v) is 8.34. The Morgan fingerprint density at radius 1 is 1.20 bits per heavy atom. The molecule has 0 saturated heterocycles. The molecule has 3 rings (SSSR count). The van der Waals surface area contributed by atoms with Crippen LogP contribution in [0, 0.1) is 0 Å². The van der Waals surface area contributed by atoms with Crippen LogP contribution in [-0.2, 0) is 0 Å². The van der Waals surface area contributed by atoms with Crippen LogP contribution in [0.5, 0.6) is 5.75 Å². The highest BCUT2D eigenvalue weighted by Crippen LogP contribution is 2.46. The van der Waals surface area contributed by atoms with Crippen molar-refractivity contribution in [2.24, 2.45) is 0 Å². The molecule has 0 aromatic heterocycles. The van der Waals surface area contributed by atoms with Gasteiger partial charge in [0.05, 0.1) is 0 Å². The molecule has 0 bridgehead atoms. The summed E-state index contributed by atoms with van der Waals surface area (Å²) in [5, 5.41) is 3.78. The van der Waals surface area contributed by atoms with E-state index < -0.39 is 0 Å². The number of nitrogens with one attached hydrogen (secondary N) is 1. The summed E-state index contributed by atoms with van der Waals surface area (Å²) >= 11 is 0. The Balaban J connectivity index is 1.73. The summed E-state index contributed by atoms with van der Waals surface area (Å²) in [5.74, 6) is 1.12. The standard InChI is InChI=1S/C18H27NO/c1-2-3-8-13-19-16-14-18(11-6-7-12-18)20-17-10-5-4-9-15(16)17/h4-5,9-10,16,19H,2-3,6-8,11-14H2,1H3. The van der Waals surface area contributed by atoms with Gasteiger partial charge in [0, 0.05) is 18.0 Å². The van der Waals surface area contributed by atoms with Crippen LogP contribution in [0.25, 0.3) is 0 Å². The molecule has 1 spiro atoms. The smallest absolute Gasteiger partial charge is 0.124 e.